The molecule has 4 nitrogen and oxygen atoms in total. The molecule has 2 aliphatic rings. The number of benzene rings is 1. The molecule has 0 unspecified atom stereocenters. The number of amides is 1. The Hall–Kier alpha value is -1.81. The predicted octanol–water partition coefficient (Wildman–Crippen LogP) is 3.13. The summed E-state index contributed by atoms with van der Waals surface area (Å²) in [6.45, 7) is 5.34. The van der Waals surface area contributed by atoms with E-state index >= 15 is 0 Å². The Bertz CT molecular complexity index is 516. The largest absolute Gasteiger partial charge is 0.443 e. The van der Waals surface area contributed by atoms with Gasteiger partial charge in [-0.3, -0.25) is 4.90 Å². The first-order chi connectivity index (χ1) is 10.3. The van der Waals surface area contributed by atoms with E-state index in [0.29, 0.717) is 19.8 Å². The molecular formula is C17H21NO3. The van der Waals surface area contributed by atoms with Crippen LogP contribution in [0.25, 0.3) is 0 Å². The van der Waals surface area contributed by atoms with E-state index in [4.69, 9.17) is 9.47 Å². The highest BCUT2D eigenvalue weighted by Crippen LogP contribution is 2.43. The minimum Gasteiger partial charge on any atom is -0.443 e. The third-order valence-electron chi connectivity index (χ3n) is 4.45. The van der Waals surface area contributed by atoms with E-state index in [9.17, 15) is 4.79 Å². The zero-order valence-corrected chi connectivity index (χ0v) is 12.2. The first-order valence-electron chi connectivity index (χ1n) is 7.47. The van der Waals surface area contributed by atoms with Gasteiger partial charge in [0, 0.05) is 6.54 Å². The number of carbonyl (C=O) groups is 1. The van der Waals surface area contributed by atoms with Crippen LogP contribution >= 0.6 is 0 Å². The summed E-state index contributed by atoms with van der Waals surface area (Å²) in [7, 11) is 0. The summed E-state index contributed by atoms with van der Waals surface area (Å²) in [6.07, 6.45) is 4.41. The summed E-state index contributed by atoms with van der Waals surface area (Å²) in [5.41, 5.74) is 0.837. The highest BCUT2D eigenvalue weighted by Gasteiger charge is 2.57. The lowest BCUT2D eigenvalue weighted by Crippen LogP contribution is -2.52. The summed E-state index contributed by atoms with van der Waals surface area (Å²) in [6, 6.07) is 10.1. The van der Waals surface area contributed by atoms with E-state index in [0.717, 1.165) is 24.8 Å². The average Bonchev–Trinajstić information content (AvgIpc) is 2.99. The van der Waals surface area contributed by atoms with Gasteiger partial charge >= 0.3 is 6.09 Å². The van der Waals surface area contributed by atoms with Gasteiger partial charge in [-0.05, 0) is 24.8 Å². The van der Waals surface area contributed by atoms with Crippen LogP contribution in [0.3, 0.4) is 0 Å². The second kappa shape index (κ2) is 5.90. The van der Waals surface area contributed by atoms with Gasteiger partial charge in [-0.1, -0.05) is 36.4 Å². The Morgan fingerprint density at radius 3 is 3.00 bits per heavy atom. The van der Waals surface area contributed by atoms with Crippen molar-refractivity contribution in [2.75, 3.05) is 13.2 Å². The second-order valence-corrected chi connectivity index (χ2v) is 5.75. The van der Waals surface area contributed by atoms with Gasteiger partial charge in [0.1, 0.15) is 11.6 Å². The summed E-state index contributed by atoms with van der Waals surface area (Å²) >= 11 is 0. The van der Waals surface area contributed by atoms with E-state index in [1.54, 1.807) is 11.0 Å². The molecule has 1 aromatic rings. The number of nitrogens with zero attached hydrogens (tertiary/aromatic N) is 1. The fraction of sp³-hybridized carbons (Fsp3) is 0.471. The van der Waals surface area contributed by atoms with Gasteiger partial charge in [-0.25, -0.2) is 4.79 Å². The smallest absolute Gasteiger partial charge is 0.411 e. The van der Waals surface area contributed by atoms with Crippen LogP contribution in [0.15, 0.2) is 43.0 Å². The van der Waals surface area contributed by atoms with E-state index in [2.05, 4.69) is 6.58 Å². The molecule has 0 N–H and O–H groups in total. The maximum absolute atomic E-state index is 12.0. The van der Waals surface area contributed by atoms with Crippen molar-refractivity contribution in [1.29, 1.82) is 0 Å². The molecule has 112 valence electrons. The van der Waals surface area contributed by atoms with Crippen molar-refractivity contribution in [2.45, 2.75) is 37.5 Å². The first-order valence-corrected chi connectivity index (χ1v) is 7.47. The molecule has 0 spiro atoms. The second-order valence-electron chi connectivity index (χ2n) is 5.75. The molecule has 1 heterocycles. The highest BCUT2D eigenvalue weighted by atomic mass is 16.6. The van der Waals surface area contributed by atoms with Crippen LogP contribution < -0.4 is 0 Å². The lowest BCUT2D eigenvalue weighted by Gasteiger charge is -2.34. The van der Waals surface area contributed by atoms with Crippen LogP contribution in [0.1, 0.15) is 24.8 Å². The van der Waals surface area contributed by atoms with Crippen molar-refractivity contribution in [3.63, 3.8) is 0 Å². The quantitative estimate of drug-likeness (QED) is 0.755. The van der Waals surface area contributed by atoms with Crippen molar-refractivity contribution < 1.29 is 14.3 Å². The van der Waals surface area contributed by atoms with Crippen LogP contribution in [0.2, 0.25) is 0 Å². The van der Waals surface area contributed by atoms with Crippen molar-refractivity contribution in [3.05, 3.63) is 48.6 Å². The number of ether oxygens (including phenoxy) is 2. The number of hydrogen-bond donors (Lipinski definition) is 0. The molecule has 1 amide bonds. The molecular weight excluding hydrogens is 266 g/mol. The van der Waals surface area contributed by atoms with Crippen LogP contribution in [-0.4, -0.2) is 35.8 Å². The molecule has 4 heteroatoms. The average molecular weight is 287 g/mol. The summed E-state index contributed by atoms with van der Waals surface area (Å²) in [5, 5.41) is 0. The lowest BCUT2D eigenvalue weighted by atomic mass is 9.95. The molecule has 1 aliphatic heterocycles. The molecule has 1 aliphatic carbocycles. The Labute approximate surface area is 125 Å². The van der Waals surface area contributed by atoms with Crippen LogP contribution in [0, 0.1) is 0 Å². The van der Waals surface area contributed by atoms with Gasteiger partial charge in [0.05, 0.1) is 13.2 Å². The molecule has 3 rings (SSSR count). The zero-order valence-electron chi connectivity index (χ0n) is 12.2. The topological polar surface area (TPSA) is 38.8 Å². The van der Waals surface area contributed by atoms with E-state index < -0.39 is 0 Å². The zero-order chi connectivity index (χ0) is 14.7. The molecule has 0 bridgehead atoms. The first kappa shape index (κ1) is 14.1. The highest BCUT2D eigenvalue weighted by molar-refractivity contribution is 5.72. The van der Waals surface area contributed by atoms with Gasteiger partial charge in [-0.2, -0.15) is 0 Å². The van der Waals surface area contributed by atoms with Crippen molar-refractivity contribution in [2.24, 2.45) is 0 Å². The molecule has 1 aromatic carbocycles. The number of hydrogen-bond acceptors (Lipinski definition) is 3. The minimum absolute atomic E-state index is 0.0410. The third-order valence-corrected chi connectivity index (χ3v) is 4.45. The maximum Gasteiger partial charge on any atom is 0.411 e. The fourth-order valence-corrected chi connectivity index (χ4v) is 3.42. The van der Waals surface area contributed by atoms with Gasteiger partial charge in [0.2, 0.25) is 0 Å². The fourth-order valence-electron chi connectivity index (χ4n) is 3.42. The van der Waals surface area contributed by atoms with Gasteiger partial charge < -0.3 is 9.47 Å². The molecule has 2 fully saturated rings. The Morgan fingerprint density at radius 1 is 1.43 bits per heavy atom. The van der Waals surface area contributed by atoms with E-state index in [1.165, 1.54) is 0 Å². The van der Waals surface area contributed by atoms with Crippen LogP contribution in [0.5, 0.6) is 0 Å². The molecule has 2 atom stereocenters. The minimum atomic E-state index is -0.306. The van der Waals surface area contributed by atoms with Gasteiger partial charge in [0.25, 0.3) is 0 Å². The lowest BCUT2D eigenvalue weighted by molar-refractivity contribution is 0.00785. The van der Waals surface area contributed by atoms with Crippen LogP contribution in [-0.2, 0) is 16.1 Å². The number of fused-ring (bicyclic) bond motifs is 1. The standard InChI is InChI=1S/C17H21NO3/c1-2-11-18-16(19)21-15-9-6-10-17(15,18)13-20-12-14-7-4-3-5-8-14/h2-5,7-8,15H,1,6,9-13H2/t15-,17-/m1/s1. The Kier molecular flexibility index (Phi) is 3.97. The summed E-state index contributed by atoms with van der Waals surface area (Å²) in [4.78, 5) is 13.8. The molecule has 0 radical (unpaired) electrons. The normalized spacial score (nSPS) is 27.5. The monoisotopic (exact) mass is 287 g/mol. The summed E-state index contributed by atoms with van der Waals surface area (Å²) in [5.74, 6) is 0. The van der Waals surface area contributed by atoms with Gasteiger partial charge in [-0.15, -0.1) is 6.58 Å². The third kappa shape index (κ3) is 2.56. The SMILES string of the molecule is C=CCN1C(=O)O[C@@H]2CCC[C@@]21COCc1ccccc1. The summed E-state index contributed by atoms with van der Waals surface area (Å²) < 4.78 is 11.4. The molecule has 1 saturated carbocycles. The Morgan fingerprint density at radius 2 is 2.24 bits per heavy atom. The van der Waals surface area contributed by atoms with Crippen LogP contribution in [0.4, 0.5) is 4.79 Å². The number of carbonyl (C=O) groups excluding carboxylic acids is 1. The van der Waals surface area contributed by atoms with Gasteiger partial charge in [0.15, 0.2) is 0 Å². The molecule has 21 heavy (non-hydrogen) atoms. The number of rotatable bonds is 6. The van der Waals surface area contributed by atoms with E-state index in [1.807, 2.05) is 30.3 Å². The van der Waals surface area contributed by atoms with Crippen molar-refractivity contribution in [1.82, 2.24) is 4.90 Å². The maximum atomic E-state index is 12.0. The molecule has 1 saturated heterocycles. The van der Waals surface area contributed by atoms with E-state index in [-0.39, 0.29) is 17.7 Å². The predicted molar refractivity (Wildman–Crippen MR) is 79.9 cm³/mol. The molecule has 0 aromatic heterocycles. The van der Waals surface area contributed by atoms with Crippen molar-refractivity contribution in [3.8, 4) is 0 Å². The Balaban J connectivity index is 1.68. The van der Waals surface area contributed by atoms with Crippen molar-refractivity contribution >= 4 is 6.09 Å².